The van der Waals surface area contributed by atoms with Crippen LogP contribution in [-0.2, 0) is 29.0 Å². The van der Waals surface area contributed by atoms with E-state index >= 15 is 0 Å². The number of fused-ring (bicyclic) bond motifs is 1. The molecule has 0 radical (unpaired) electrons. The first-order valence-electron chi connectivity index (χ1n) is 7.04. The molecule has 0 aliphatic carbocycles. The van der Waals surface area contributed by atoms with Crippen molar-refractivity contribution in [1.29, 1.82) is 0 Å². The number of amides is 1. The van der Waals surface area contributed by atoms with Crippen LogP contribution in [0.3, 0.4) is 0 Å². The Kier molecular flexibility index (Phi) is 4.40. The lowest BCUT2D eigenvalue weighted by atomic mass is 10.1. The minimum atomic E-state index is -1.10. The zero-order chi connectivity index (χ0) is 16.4. The predicted octanol–water partition coefficient (Wildman–Crippen LogP) is 2.84. The van der Waals surface area contributed by atoms with Crippen molar-refractivity contribution in [3.63, 3.8) is 0 Å². The Balaban J connectivity index is 1.73. The molecule has 0 atom stereocenters. The van der Waals surface area contributed by atoms with Gasteiger partial charge in [0.1, 0.15) is 5.82 Å². The van der Waals surface area contributed by atoms with E-state index in [1.54, 1.807) is 6.07 Å². The Hall–Kier alpha value is -2.25. The van der Waals surface area contributed by atoms with Crippen molar-refractivity contribution in [1.82, 2.24) is 0 Å². The van der Waals surface area contributed by atoms with Gasteiger partial charge in [-0.25, -0.2) is 4.39 Å². The standard InChI is InChI=1S/C16H14FNO4S/c17-12-7-11(2-1-9(12)6-15(19)20)18-16(21)14-5-10-8-22-4-3-13(10)23-14/h1-2,5,7H,3-4,6,8H2,(H,18,21)(H,19,20). The third-order valence-electron chi connectivity index (χ3n) is 3.50. The molecule has 0 saturated heterocycles. The number of carboxylic acid groups (broad SMARTS) is 1. The topological polar surface area (TPSA) is 75.6 Å². The molecule has 1 aliphatic heterocycles. The SMILES string of the molecule is O=C(O)Cc1ccc(NC(=O)c2cc3c(s2)CCOC3)cc1F. The third kappa shape index (κ3) is 3.57. The van der Waals surface area contributed by atoms with Crippen molar-refractivity contribution in [3.05, 3.63) is 51.0 Å². The van der Waals surface area contributed by atoms with Gasteiger partial charge in [-0.05, 0) is 29.3 Å². The molecule has 1 aromatic carbocycles. The van der Waals surface area contributed by atoms with Crippen molar-refractivity contribution in [2.45, 2.75) is 19.4 Å². The molecule has 1 aromatic heterocycles. The average molecular weight is 335 g/mol. The first-order valence-corrected chi connectivity index (χ1v) is 7.85. The highest BCUT2D eigenvalue weighted by molar-refractivity contribution is 7.14. The smallest absolute Gasteiger partial charge is 0.307 e. The zero-order valence-corrected chi connectivity index (χ0v) is 12.9. The summed E-state index contributed by atoms with van der Waals surface area (Å²) in [6, 6.07) is 5.79. The minimum Gasteiger partial charge on any atom is -0.481 e. The van der Waals surface area contributed by atoms with Gasteiger partial charge in [0.25, 0.3) is 5.91 Å². The summed E-state index contributed by atoms with van der Waals surface area (Å²) in [4.78, 5) is 24.6. The molecular weight excluding hydrogens is 321 g/mol. The summed E-state index contributed by atoms with van der Waals surface area (Å²) in [6.45, 7) is 1.17. The lowest BCUT2D eigenvalue weighted by Crippen LogP contribution is -2.11. The minimum absolute atomic E-state index is 0.0826. The quantitative estimate of drug-likeness (QED) is 0.901. The number of thiophene rings is 1. The maximum atomic E-state index is 13.8. The summed E-state index contributed by atoms with van der Waals surface area (Å²) in [5.74, 6) is -2.06. The Bertz CT molecular complexity index is 748. The van der Waals surface area contributed by atoms with Crippen LogP contribution in [0.1, 0.15) is 25.7 Å². The second-order valence-electron chi connectivity index (χ2n) is 5.19. The molecule has 0 saturated carbocycles. The molecule has 3 rings (SSSR count). The Morgan fingerprint density at radius 1 is 1.35 bits per heavy atom. The Morgan fingerprint density at radius 2 is 2.17 bits per heavy atom. The molecular formula is C16H14FNO4S. The first-order chi connectivity index (χ1) is 11.0. The fourth-order valence-corrected chi connectivity index (χ4v) is 3.43. The van der Waals surface area contributed by atoms with Gasteiger partial charge in [-0.1, -0.05) is 6.07 Å². The predicted molar refractivity (Wildman–Crippen MR) is 83.4 cm³/mol. The summed E-state index contributed by atoms with van der Waals surface area (Å²) in [6.07, 6.45) is 0.406. The number of carboxylic acids is 1. The van der Waals surface area contributed by atoms with Crippen LogP contribution in [0.4, 0.5) is 10.1 Å². The van der Waals surface area contributed by atoms with Crippen LogP contribution in [0.5, 0.6) is 0 Å². The van der Waals surface area contributed by atoms with Crippen LogP contribution in [0.15, 0.2) is 24.3 Å². The number of hydrogen-bond donors (Lipinski definition) is 2. The Labute approximate surface area is 135 Å². The zero-order valence-electron chi connectivity index (χ0n) is 12.1. The number of benzene rings is 1. The molecule has 7 heteroatoms. The summed E-state index contributed by atoms with van der Waals surface area (Å²) in [7, 11) is 0. The largest absolute Gasteiger partial charge is 0.481 e. The van der Waals surface area contributed by atoms with Crippen molar-refractivity contribution < 1.29 is 23.8 Å². The molecule has 0 spiro atoms. The van der Waals surface area contributed by atoms with E-state index in [2.05, 4.69) is 5.32 Å². The summed E-state index contributed by atoms with van der Waals surface area (Å²) >= 11 is 1.41. The van der Waals surface area contributed by atoms with Gasteiger partial charge in [0.15, 0.2) is 0 Å². The molecule has 1 amide bonds. The lowest BCUT2D eigenvalue weighted by Gasteiger charge is -2.10. The van der Waals surface area contributed by atoms with Gasteiger partial charge in [0.05, 0.1) is 24.5 Å². The van der Waals surface area contributed by atoms with Crippen molar-refractivity contribution in [2.24, 2.45) is 0 Å². The van der Waals surface area contributed by atoms with Gasteiger partial charge in [0.2, 0.25) is 0 Å². The van der Waals surface area contributed by atoms with Crippen LogP contribution >= 0.6 is 11.3 Å². The van der Waals surface area contributed by atoms with E-state index in [0.29, 0.717) is 23.8 Å². The van der Waals surface area contributed by atoms with Crippen LogP contribution in [-0.4, -0.2) is 23.6 Å². The van der Waals surface area contributed by atoms with Gasteiger partial charge in [-0.15, -0.1) is 11.3 Å². The highest BCUT2D eigenvalue weighted by Crippen LogP contribution is 2.27. The van der Waals surface area contributed by atoms with Crippen molar-refractivity contribution >= 4 is 28.9 Å². The highest BCUT2D eigenvalue weighted by Gasteiger charge is 2.18. The van der Waals surface area contributed by atoms with Crippen LogP contribution in [0, 0.1) is 5.82 Å². The number of ether oxygens (including phenoxy) is 1. The third-order valence-corrected chi connectivity index (χ3v) is 4.74. The van der Waals surface area contributed by atoms with Crippen molar-refractivity contribution in [2.75, 3.05) is 11.9 Å². The number of rotatable bonds is 4. The number of anilines is 1. The van der Waals surface area contributed by atoms with Gasteiger partial charge >= 0.3 is 5.97 Å². The fourth-order valence-electron chi connectivity index (χ4n) is 2.38. The number of carbonyl (C=O) groups is 2. The number of halogens is 1. The van der Waals surface area contributed by atoms with Crippen LogP contribution in [0.2, 0.25) is 0 Å². The van der Waals surface area contributed by atoms with Crippen LogP contribution in [0.25, 0.3) is 0 Å². The van der Waals surface area contributed by atoms with E-state index in [0.717, 1.165) is 22.9 Å². The van der Waals surface area contributed by atoms with Gasteiger partial charge in [-0.3, -0.25) is 9.59 Å². The van der Waals surface area contributed by atoms with E-state index in [1.165, 1.54) is 23.5 Å². The lowest BCUT2D eigenvalue weighted by molar-refractivity contribution is -0.136. The van der Waals surface area contributed by atoms with Crippen molar-refractivity contribution in [3.8, 4) is 0 Å². The second kappa shape index (κ2) is 6.47. The number of hydrogen-bond acceptors (Lipinski definition) is 4. The number of aliphatic carboxylic acids is 1. The molecule has 1 aliphatic rings. The highest BCUT2D eigenvalue weighted by atomic mass is 32.1. The Morgan fingerprint density at radius 3 is 2.87 bits per heavy atom. The van der Waals surface area contributed by atoms with E-state index in [9.17, 15) is 14.0 Å². The molecule has 0 unspecified atom stereocenters. The molecule has 120 valence electrons. The average Bonchev–Trinajstić information content (AvgIpc) is 2.94. The molecule has 23 heavy (non-hydrogen) atoms. The number of nitrogens with one attached hydrogen (secondary N) is 1. The van der Waals surface area contributed by atoms with Gasteiger partial charge in [0, 0.05) is 17.0 Å². The molecule has 2 heterocycles. The van der Waals surface area contributed by atoms with Crippen LogP contribution < -0.4 is 5.32 Å². The monoisotopic (exact) mass is 335 g/mol. The van der Waals surface area contributed by atoms with Gasteiger partial charge in [-0.2, -0.15) is 0 Å². The maximum Gasteiger partial charge on any atom is 0.307 e. The molecule has 5 nitrogen and oxygen atoms in total. The van der Waals surface area contributed by atoms with E-state index in [4.69, 9.17) is 9.84 Å². The second-order valence-corrected chi connectivity index (χ2v) is 6.33. The summed E-state index contributed by atoms with van der Waals surface area (Å²) < 4.78 is 19.2. The molecule has 0 bridgehead atoms. The fraction of sp³-hybridized carbons (Fsp3) is 0.250. The van der Waals surface area contributed by atoms with E-state index in [-0.39, 0.29) is 11.5 Å². The summed E-state index contributed by atoms with van der Waals surface area (Å²) in [5.41, 5.74) is 1.40. The molecule has 2 aromatic rings. The normalized spacial score (nSPS) is 13.4. The summed E-state index contributed by atoms with van der Waals surface area (Å²) in [5, 5.41) is 11.3. The van der Waals surface area contributed by atoms with E-state index in [1.807, 2.05) is 0 Å². The number of carbonyl (C=O) groups excluding carboxylic acids is 1. The first kappa shape index (κ1) is 15.6. The van der Waals surface area contributed by atoms with E-state index < -0.39 is 18.2 Å². The molecule has 0 fully saturated rings. The van der Waals surface area contributed by atoms with Gasteiger partial charge < -0.3 is 15.2 Å². The maximum absolute atomic E-state index is 13.8. The molecule has 2 N–H and O–H groups in total.